The normalized spacial score (nSPS) is 12.1. The van der Waals surface area contributed by atoms with E-state index in [1.807, 2.05) is 56.3 Å². The van der Waals surface area contributed by atoms with E-state index >= 15 is 0 Å². The summed E-state index contributed by atoms with van der Waals surface area (Å²) in [7, 11) is 2.08. The van der Waals surface area contributed by atoms with Crippen LogP contribution in [0.15, 0.2) is 54.6 Å². The Morgan fingerprint density at radius 1 is 0.966 bits per heavy atom. The highest BCUT2D eigenvalue weighted by Gasteiger charge is 2.24. The van der Waals surface area contributed by atoms with Crippen molar-refractivity contribution in [1.82, 2.24) is 15.5 Å². The van der Waals surface area contributed by atoms with E-state index in [2.05, 4.69) is 41.6 Å². The molecule has 29 heavy (non-hydrogen) atoms. The van der Waals surface area contributed by atoms with Crippen LogP contribution in [0.4, 0.5) is 0 Å². The lowest BCUT2D eigenvalue weighted by Crippen LogP contribution is -2.49. The second kappa shape index (κ2) is 11.4. The summed E-state index contributed by atoms with van der Waals surface area (Å²) in [5, 5.41) is 5.87. The zero-order valence-electron chi connectivity index (χ0n) is 17.9. The predicted octanol–water partition coefficient (Wildman–Crippen LogP) is 3.14. The predicted molar refractivity (Wildman–Crippen MR) is 117 cm³/mol. The van der Waals surface area contributed by atoms with Gasteiger partial charge in [0.15, 0.2) is 0 Å². The van der Waals surface area contributed by atoms with Crippen LogP contribution in [0.3, 0.4) is 0 Å². The van der Waals surface area contributed by atoms with Crippen molar-refractivity contribution >= 4 is 11.8 Å². The van der Waals surface area contributed by atoms with Gasteiger partial charge in [-0.2, -0.15) is 0 Å². The second-order valence-corrected chi connectivity index (χ2v) is 7.82. The van der Waals surface area contributed by atoms with Crippen molar-refractivity contribution in [1.29, 1.82) is 0 Å². The standard InChI is InChI=1S/C24H33N3O2/c1-5-27(4)17-21-13-9-12-20(14-21)16-25-24(29)23(18(2)3)26-22(28)15-19-10-7-6-8-11-19/h6-14,18,23H,5,15-17H2,1-4H3,(H,25,29)(H,26,28). The Morgan fingerprint density at radius 2 is 1.62 bits per heavy atom. The van der Waals surface area contributed by atoms with Crippen molar-refractivity contribution in [3.8, 4) is 0 Å². The molecule has 1 atom stereocenters. The van der Waals surface area contributed by atoms with Crippen LogP contribution in [0, 0.1) is 5.92 Å². The lowest BCUT2D eigenvalue weighted by atomic mass is 10.0. The SMILES string of the molecule is CCN(C)Cc1cccc(CNC(=O)C(NC(=O)Cc2ccccc2)C(C)C)c1. The van der Waals surface area contributed by atoms with E-state index < -0.39 is 6.04 Å². The maximum atomic E-state index is 12.7. The number of benzene rings is 2. The third-order valence-corrected chi connectivity index (χ3v) is 4.92. The first-order valence-electron chi connectivity index (χ1n) is 10.3. The van der Waals surface area contributed by atoms with Gasteiger partial charge in [0, 0.05) is 13.1 Å². The molecule has 2 aromatic rings. The van der Waals surface area contributed by atoms with Gasteiger partial charge in [0.05, 0.1) is 6.42 Å². The smallest absolute Gasteiger partial charge is 0.243 e. The summed E-state index contributed by atoms with van der Waals surface area (Å²) in [6.45, 7) is 8.31. The molecular formula is C24H33N3O2. The maximum absolute atomic E-state index is 12.7. The number of rotatable bonds is 10. The molecule has 0 radical (unpaired) electrons. The quantitative estimate of drug-likeness (QED) is 0.650. The van der Waals surface area contributed by atoms with Crippen LogP contribution in [0.5, 0.6) is 0 Å². The number of carbonyl (C=O) groups is 2. The Kier molecular flexibility index (Phi) is 8.87. The van der Waals surface area contributed by atoms with Gasteiger partial charge in [-0.05, 0) is 36.2 Å². The summed E-state index contributed by atoms with van der Waals surface area (Å²) >= 11 is 0. The summed E-state index contributed by atoms with van der Waals surface area (Å²) in [6.07, 6.45) is 0.268. The fourth-order valence-electron chi connectivity index (χ4n) is 3.10. The van der Waals surface area contributed by atoms with Crippen molar-refractivity contribution in [2.45, 2.75) is 46.3 Å². The molecule has 0 fully saturated rings. The maximum Gasteiger partial charge on any atom is 0.243 e. The molecule has 0 saturated heterocycles. The molecule has 2 N–H and O–H groups in total. The summed E-state index contributed by atoms with van der Waals surface area (Å²) in [5.41, 5.74) is 3.21. The first kappa shape index (κ1) is 22.6. The largest absolute Gasteiger partial charge is 0.350 e. The van der Waals surface area contributed by atoms with Crippen LogP contribution in [-0.2, 0) is 29.1 Å². The molecule has 5 heteroatoms. The Bertz CT molecular complexity index is 790. The molecule has 156 valence electrons. The van der Waals surface area contributed by atoms with Gasteiger partial charge in [0.25, 0.3) is 0 Å². The summed E-state index contributed by atoms with van der Waals surface area (Å²) in [6, 6.07) is 17.2. The summed E-state index contributed by atoms with van der Waals surface area (Å²) < 4.78 is 0. The Labute approximate surface area is 174 Å². The second-order valence-electron chi connectivity index (χ2n) is 7.82. The van der Waals surface area contributed by atoms with Crippen molar-refractivity contribution in [2.24, 2.45) is 5.92 Å². The molecule has 0 aliphatic carbocycles. The fourth-order valence-corrected chi connectivity index (χ4v) is 3.10. The Balaban J connectivity index is 1.92. The van der Waals surface area contributed by atoms with Crippen LogP contribution < -0.4 is 10.6 Å². The van der Waals surface area contributed by atoms with E-state index in [9.17, 15) is 9.59 Å². The van der Waals surface area contributed by atoms with Gasteiger partial charge in [-0.15, -0.1) is 0 Å². The van der Waals surface area contributed by atoms with Crippen LogP contribution in [0.2, 0.25) is 0 Å². The molecule has 0 spiro atoms. The van der Waals surface area contributed by atoms with Gasteiger partial charge in [-0.1, -0.05) is 75.4 Å². The minimum Gasteiger partial charge on any atom is -0.350 e. The minimum atomic E-state index is -0.555. The van der Waals surface area contributed by atoms with Gasteiger partial charge < -0.3 is 15.5 Å². The average molecular weight is 396 g/mol. The molecule has 0 aliphatic rings. The van der Waals surface area contributed by atoms with E-state index in [-0.39, 0.29) is 24.2 Å². The number of hydrogen-bond donors (Lipinski definition) is 2. The van der Waals surface area contributed by atoms with Crippen LogP contribution in [0.25, 0.3) is 0 Å². The van der Waals surface area contributed by atoms with Crippen molar-refractivity contribution < 1.29 is 9.59 Å². The first-order chi connectivity index (χ1) is 13.9. The number of amides is 2. The topological polar surface area (TPSA) is 61.4 Å². The molecule has 2 aromatic carbocycles. The first-order valence-corrected chi connectivity index (χ1v) is 10.3. The van der Waals surface area contributed by atoms with Crippen LogP contribution in [0.1, 0.15) is 37.5 Å². The zero-order valence-corrected chi connectivity index (χ0v) is 17.9. The van der Waals surface area contributed by atoms with E-state index in [4.69, 9.17) is 0 Å². The molecule has 0 saturated carbocycles. The highest BCUT2D eigenvalue weighted by atomic mass is 16.2. The van der Waals surface area contributed by atoms with Gasteiger partial charge in [-0.25, -0.2) is 0 Å². The summed E-state index contributed by atoms with van der Waals surface area (Å²) in [4.78, 5) is 27.3. The van der Waals surface area contributed by atoms with Crippen molar-refractivity contribution in [2.75, 3.05) is 13.6 Å². The molecular weight excluding hydrogens is 362 g/mol. The third kappa shape index (κ3) is 7.70. The molecule has 2 rings (SSSR count). The number of carbonyl (C=O) groups excluding carboxylic acids is 2. The molecule has 0 heterocycles. The number of nitrogens with zero attached hydrogens (tertiary/aromatic N) is 1. The third-order valence-electron chi connectivity index (χ3n) is 4.92. The highest BCUT2D eigenvalue weighted by molar-refractivity contribution is 5.88. The minimum absolute atomic E-state index is 0.000684. The van der Waals surface area contributed by atoms with Crippen molar-refractivity contribution in [3.05, 3.63) is 71.3 Å². The molecule has 1 unspecified atom stereocenters. The van der Waals surface area contributed by atoms with Gasteiger partial charge in [-0.3, -0.25) is 9.59 Å². The lowest BCUT2D eigenvalue weighted by molar-refractivity contribution is -0.129. The van der Waals surface area contributed by atoms with E-state index in [0.29, 0.717) is 6.54 Å². The van der Waals surface area contributed by atoms with Crippen LogP contribution in [-0.4, -0.2) is 36.3 Å². The zero-order chi connectivity index (χ0) is 21.2. The number of hydrogen-bond acceptors (Lipinski definition) is 3. The number of nitrogens with one attached hydrogen (secondary N) is 2. The average Bonchev–Trinajstić information content (AvgIpc) is 2.71. The van der Waals surface area contributed by atoms with E-state index in [1.165, 1.54) is 5.56 Å². The van der Waals surface area contributed by atoms with E-state index in [1.54, 1.807) is 0 Å². The molecule has 0 bridgehead atoms. The van der Waals surface area contributed by atoms with Crippen molar-refractivity contribution in [3.63, 3.8) is 0 Å². The molecule has 0 aliphatic heterocycles. The lowest BCUT2D eigenvalue weighted by Gasteiger charge is -2.22. The molecule has 2 amide bonds. The molecule has 5 nitrogen and oxygen atoms in total. The van der Waals surface area contributed by atoms with Gasteiger partial charge >= 0.3 is 0 Å². The Morgan fingerprint density at radius 3 is 2.28 bits per heavy atom. The molecule has 0 aromatic heterocycles. The van der Waals surface area contributed by atoms with E-state index in [0.717, 1.165) is 24.2 Å². The van der Waals surface area contributed by atoms with Gasteiger partial charge in [0.2, 0.25) is 11.8 Å². The monoisotopic (exact) mass is 395 g/mol. The van der Waals surface area contributed by atoms with Crippen LogP contribution >= 0.6 is 0 Å². The fraction of sp³-hybridized carbons (Fsp3) is 0.417. The highest BCUT2D eigenvalue weighted by Crippen LogP contribution is 2.09. The Hall–Kier alpha value is -2.66. The van der Waals surface area contributed by atoms with Gasteiger partial charge in [0.1, 0.15) is 6.04 Å². The summed E-state index contributed by atoms with van der Waals surface area (Å²) in [5.74, 6) is -0.300.